The molecule has 0 aromatic heterocycles. The second-order valence-electron chi connectivity index (χ2n) is 8.42. The second kappa shape index (κ2) is 8.54. The van der Waals surface area contributed by atoms with E-state index in [1.807, 2.05) is 0 Å². The molecule has 8 heteroatoms. The summed E-state index contributed by atoms with van der Waals surface area (Å²) in [5, 5.41) is 4.95. The van der Waals surface area contributed by atoms with Gasteiger partial charge in [-0.15, -0.1) is 0 Å². The first-order valence-electron chi connectivity index (χ1n) is 9.99. The minimum atomic E-state index is -1.27. The van der Waals surface area contributed by atoms with Gasteiger partial charge in [-0.25, -0.2) is 13.2 Å². The topological polar surface area (TPSA) is 58.2 Å². The maximum absolute atomic E-state index is 14.7. The Labute approximate surface area is 173 Å². The van der Waals surface area contributed by atoms with Crippen LogP contribution in [-0.2, 0) is 9.59 Å². The van der Waals surface area contributed by atoms with Gasteiger partial charge in [0.05, 0.1) is 11.1 Å². The second-order valence-corrected chi connectivity index (χ2v) is 8.83. The zero-order chi connectivity index (χ0) is 21.2. The Morgan fingerprint density at radius 2 is 1.86 bits per heavy atom. The van der Waals surface area contributed by atoms with E-state index in [4.69, 9.17) is 16.4 Å². The number of rotatable bonds is 5. The third-order valence-corrected chi connectivity index (χ3v) is 6.96. The van der Waals surface area contributed by atoms with Gasteiger partial charge in [0, 0.05) is 18.5 Å². The van der Waals surface area contributed by atoms with Crippen LogP contribution in [0.2, 0.25) is 5.02 Å². The quantitative estimate of drug-likeness (QED) is 0.529. The number of nitrogens with one attached hydrogen (secondary N) is 2. The molecule has 1 unspecified atom stereocenters. The van der Waals surface area contributed by atoms with Crippen LogP contribution in [0.15, 0.2) is 12.1 Å². The van der Waals surface area contributed by atoms with Crippen molar-refractivity contribution >= 4 is 23.9 Å². The lowest BCUT2D eigenvalue weighted by atomic mass is 9.73. The smallest absolute Gasteiger partial charge is 0.223 e. The number of hydrogen-bond donors (Lipinski definition) is 2. The molecule has 0 aliphatic heterocycles. The van der Waals surface area contributed by atoms with Crippen LogP contribution in [0.1, 0.15) is 63.0 Å². The number of alkyl halides is 1. The molecule has 0 spiro atoms. The van der Waals surface area contributed by atoms with E-state index in [-0.39, 0.29) is 28.8 Å². The van der Waals surface area contributed by atoms with E-state index >= 15 is 0 Å². The molecule has 2 amide bonds. The molecule has 0 saturated heterocycles. The molecule has 1 aromatic rings. The number of carbonyl (C=O) groups is 2. The lowest BCUT2D eigenvalue weighted by Gasteiger charge is -2.38. The van der Waals surface area contributed by atoms with Crippen molar-refractivity contribution in [3.8, 4) is 0 Å². The van der Waals surface area contributed by atoms with E-state index < -0.39 is 28.8 Å². The Bertz CT molecular complexity index is 777. The van der Waals surface area contributed by atoms with Gasteiger partial charge in [0.25, 0.3) is 0 Å². The lowest BCUT2D eigenvalue weighted by Crippen LogP contribution is -2.44. The molecule has 2 N–H and O–H groups in total. The van der Waals surface area contributed by atoms with Crippen LogP contribution in [0.3, 0.4) is 0 Å². The molecule has 2 bridgehead atoms. The Kier molecular flexibility index (Phi) is 6.46. The monoisotopic (exact) mass is 430 g/mol. The first-order valence-corrected chi connectivity index (χ1v) is 10.4. The standard InChI is InChI=1S/C19H21ClF3NO.C2H5NO/c20-12-4-5-13(21)14(15(12)22)16(24-17(25)11-2-1-3-11)18-6-8-19(23,10-18)9-7-18;1-3-2-4/h4-5,11,16H,1-3,6-10H2,(H,24,25);2H,1H3,(H,3,4). The average molecular weight is 431 g/mol. The van der Waals surface area contributed by atoms with Gasteiger partial charge in [-0.2, -0.15) is 0 Å². The third kappa shape index (κ3) is 4.25. The normalized spacial score (nSPS) is 28.7. The Hall–Kier alpha value is -1.76. The third-order valence-electron chi connectivity index (χ3n) is 6.67. The van der Waals surface area contributed by atoms with Crippen molar-refractivity contribution in [2.75, 3.05) is 7.05 Å². The first-order chi connectivity index (χ1) is 13.7. The lowest BCUT2D eigenvalue weighted by molar-refractivity contribution is -0.129. The van der Waals surface area contributed by atoms with Crippen molar-refractivity contribution in [2.45, 2.75) is 63.1 Å². The maximum atomic E-state index is 14.7. The van der Waals surface area contributed by atoms with Gasteiger partial charge >= 0.3 is 0 Å². The van der Waals surface area contributed by atoms with Crippen LogP contribution in [0, 0.1) is 23.0 Å². The van der Waals surface area contributed by atoms with E-state index in [1.54, 1.807) is 7.05 Å². The molecule has 3 fully saturated rings. The number of halogens is 4. The molecule has 3 aliphatic carbocycles. The van der Waals surface area contributed by atoms with Gasteiger partial charge in [-0.1, -0.05) is 18.0 Å². The summed E-state index contributed by atoms with van der Waals surface area (Å²) in [7, 11) is 1.56. The summed E-state index contributed by atoms with van der Waals surface area (Å²) < 4.78 is 44.0. The summed E-state index contributed by atoms with van der Waals surface area (Å²) >= 11 is 5.87. The van der Waals surface area contributed by atoms with Crippen molar-refractivity contribution in [1.82, 2.24) is 10.6 Å². The Morgan fingerprint density at radius 3 is 2.31 bits per heavy atom. The van der Waals surface area contributed by atoms with Gasteiger partial charge in [-0.05, 0) is 62.5 Å². The summed E-state index contributed by atoms with van der Waals surface area (Å²) in [6, 6.07) is 1.41. The van der Waals surface area contributed by atoms with Crippen molar-refractivity contribution in [2.24, 2.45) is 11.3 Å². The SMILES string of the molecule is CNC=O.O=C(NC(c1c(F)ccc(Cl)c1F)C12CCC(F)(CC1)C2)C1CCC1. The van der Waals surface area contributed by atoms with Crippen molar-refractivity contribution in [3.05, 3.63) is 34.4 Å². The fraction of sp³-hybridized carbons (Fsp3) is 0.619. The molecule has 0 radical (unpaired) electrons. The van der Waals surface area contributed by atoms with Crippen LogP contribution < -0.4 is 10.6 Å². The average Bonchev–Trinajstić information content (AvgIpc) is 3.17. The molecule has 1 atom stereocenters. The summed E-state index contributed by atoms with van der Waals surface area (Å²) in [5.74, 6) is -1.88. The summed E-state index contributed by atoms with van der Waals surface area (Å²) in [4.78, 5) is 21.6. The van der Waals surface area contributed by atoms with Crippen LogP contribution in [0.5, 0.6) is 0 Å². The molecule has 0 heterocycles. The molecule has 4 nitrogen and oxygen atoms in total. The zero-order valence-corrected chi connectivity index (χ0v) is 17.1. The predicted octanol–water partition coefficient (Wildman–Crippen LogP) is 4.61. The largest absolute Gasteiger partial charge is 0.362 e. The number of fused-ring (bicyclic) bond motifs is 2. The first kappa shape index (κ1) is 21.9. The number of hydrogen-bond acceptors (Lipinski definition) is 2. The summed E-state index contributed by atoms with van der Waals surface area (Å²) in [5.41, 5.74) is -2.13. The van der Waals surface area contributed by atoms with E-state index in [9.17, 15) is 18.0 Å². The molecule has 1 aromatic carbocycles. The zero-order valence-electron chi connectivity index (χ0n) is 16.4. The number of carbonyl (C=O) groups excluding carboxylic acids is 2. The highest BCUT2D eigenvalue weighted by atomic mass is 35.5. The molecular weight excluding hydrogens is 405 g/mol. The minimum Gasteiger partial charge on any atom is -0.362 e. The van der Waals surface area contributed by atoms with Crippen LogP contribution in [0.4, 0.5) is 13.2 Å². The highest BCUT2D eigenvalue weighted by Crippen LogP contribution is 2.63. The molecule has 4 rings (SSSR count). The predicted molar refractivity (Wildman–Crippen MR) is 104 cm³/mol. The number of amides is 2. The van der Waals surface area contributed by atoms with E-state index in [0.29, 0.717) is 32.1 Å². The molecular formula is C21H26ClF3N2O2. The fourth-order valence-corrected chi connectivity index (χ4v) is 5.01. The Morgan fingerprint density at radius 1 is 1.24 bits per heavy atom. The van der Waals surface area contributed by atoms with Crippen molar-refractivity contribution in [1.29, 1.82) is 0 Å². The molecule has 29 heavy (non-hydrogen) atoms. The molecule has 3 aliphatic rings. The van der Waals surface area contributed by atoms with Crippen LogP contribution >= 0.6 is 11.6 Å². The highest BCUT2D eigenvalue weighted by Gasteiger charge is 2.59. The highest BCUT2D eigenvalue weighted by molar-refractivity contribution is 6.30. The summed E-state index contributed by atoms with van der Waals surface area (Å²) in [6.07, 6.45) is 5.23. The van der Waals surface area contributed by atoms with E-state index in [2.05, 4.69) is 10.6 Å². The van der Waals surface area contributed by atoms with Gasteiger partial charge in [0.2, 0.25) is 12.3 Å². The van der Waals surface area contributed by atoms with Gasteiger partial charge in [-0.3, -0.25) is 9.59 Å². The van der Waals surface area contributed by atoms with E-state index in [0.717, 1.165) is 25.3 Å². The molecule has 3 saturated carbocycles. The van der Waals surface area contributed by atoms with Crippen LogP contribution in [-0.4, -0.2) is 25.0 Å². The summed E-state index contributed by atoms with van der Waals surface area (Å²) in [6.45, 7) is 0. The fourth-order valence-electron chi connectivity index (χ4n) is 4.84. The minimum absolute atomic E-state index is 0.109. The van der Waals surface area contributed by atoms with Crippen molar-refractivity contribution in [3.63, 3.8) is 0 Å². The van der Waals surface area contributed by atoms with Crippen molar-refractivity contribution < 1.29 is 22.8 Å². The van der Waals surface area contributed by atoms with Crippen LogP contribution in [0.25, 0.3) is 0 Å². The van der Waals surface area contributed by atoms with Gasteiger partial charge in [0.1, 0.15) is 17.3 Å². The Balaban J connectivity index is 0.000000552. The van der Waals surface area contributed by atoms with Gasteiger partial charge in [0.15, 0.2) is 0 Å². The van der Waals surface area contributed by atoms with Gasteiger partial charge < -0.3 is 10.6 Å². The van der Waals surface area contributed by atoms with E-state index in [1.165, 1.54) is 6.07 Å². The molecule has 160 valence electrons. The maximum Gasteiger partial charge on any atom is 0.223 e. The number of benzene rings is 1.